The highest BCUT2D eigenvalue weighted by atomic mass is 32.1. The van der Waals surface area contributed by atoms with Crippen LogP contribution < -0.4 is 5.32 Å². The molecule has 5 nitrogen and oxygen atoms in total. The summed E-state index contributed by atoms with van der Waals surface area (Å²) in [6, 6.07) is 0. The van der Waals surface area contributed by atoms with Gasteiger partial charge in [-0.05, 0) is 33.6 Å². The highest BCUT2D eigenvalue weighted by Crippen LogP contribution is 2.65. The first kappa shape index (κ1) is 14.5. The minimum atomic E-state index is -1.08. The van der Waals surface area contributed by atoms with E-state index in [1.807, 2.05) is 34.6 Å². The molecule has 1 aromatic heterocycles. The van der Waals surface area contributed by atoms with Crippen LogP contribution in [0.3, 0.4) is 0 Å². The van der Waals surface area contributed by atoms with E-state index < -0.39 is 16.4 Å². The molecule has 0 unspecified atom stereocenters. The number of nitrogens with zero attached hydrogens (tertiary/aromatic N) is 1. The number of nitrogens with one attached hydrogen (secondary N) is 1. The molecule has 0 aromatic carbocycles. The van der Waals surface area contributed by atoms with Crippen molar-refractivity contribution in [2.75, 3.05) is 5.32 Å². The molecule has 2 fully saturated rings. The maximum Gasteiger partial charge on any atom is 0.313 e. The van der Waals surface area contributed by atoms with Gasteiger partial charge in [-0.3, -0.25) is 14.9 Å². The molecule has 1 aliphatic heterocycles. The van der Waals surface area contributed by atoms with Gasteiger partial charge < -0.3 is 4.74 Å². The number of aromatic nitrogens is 1. The topological polar surface area (TPSA) is 68.3 Å². The Bertz CT molecular complexity index is 632. The summed E-state index contributed by atoms with van der Waals surface area (Å²) in [6.45, 7) is 9.67. The van der Waals surface area contributed by atoms with Crippen LogP contribution in [0.4, 0.5) is 5.13 Å². The van der Waals surface area contributed by atoms with Crippen LogP contribution in [-0.2, 0) is 14.3 Å². The van der Waals surface area contributed by atoms with E-state index in [-0.39, 0.29) is 11.9 Å². The molecule has 1 aromatic rings. The fourth-order valence-electron chi connectivity index (χ4n) is 3.47. The van der Waals surface area contributed by atoms with Crippen LogP contribution in [0.15, 0.2) is 0 Å². The van der Waals surface area contributed by atoms with Crippen molar-refractivity contribution in [3.63, 3.8) is 0 Å². The predicted octanol–water partition coefficient (Wildman–Crippen LogP) is 2.82. The zero-order chi connectivity index (χ0) is 15.6. The van der Waals surface area contributed by atoms with Gasteiger partial charge in [-0.2, -0.15) is 0 Å². The number of anilines is 1. The maximum absolute atomic E-state index is 12.8. The van der Waals surface area contributed by atoms with Crippen LogP contribution in [0, 0.1) is 24.7 Å². The highest BCUT2D eigenvalue weighted by Gasteiger charge is 2.75. The van der Waals surface area contributed by atoms with Gasteiger partial charge in [0.05, 0.1) is 11.1 Å². The van der Waals surface area contributed by atoms with Gasteiger partial charge in [-0.1, -0.05) is 13.8 Å². The van der Waals surface area contributed by atoms with Crippen molar-refractivity contribution in [3.05, 3.63) is 10.6 Å². The fraction of sp³-hybridized carbons (Fsp3) is 0.667. The minimum absolute atomic E-state index is 0.254. The number of ether oxygens (including phenoxy) is 1. The van der Waals surface area contributed by atoms with Crippen molar-refractivity contribution in [1.29, 1.82) is 0 Å². The molecule has 1 saturated heterocycles. The van der Waals surface area contributed by atoms with E-state index in [0.717, 1.165) is 10.6 Å². The third-order valence-electron chi connectivity index (χ3n) is 5.70. The van der Waals surface area contributed by atoms with Gasteiger partial charge in [-0.15, -0.1) is 11.3 Å². The molecule has 2 bridgehead atoms. The summed E-state index contributed by atoms with van der Waals surface area (Å²) in [5.74, 6) is -0.517. The number of rotatable bonds is 2. The Morgan fingerprint density at radius 2 is 1.95 bits per heavy atom. The zero-order valence-electron chi connectivity index (χ0n) is 13.0. The summed E-state index contributed by atoms with van der Waals surface area (Å²) >= 11 is 1.44. The van der Waals surface area contributed by atoms with Crippen LogP contribution in [-0.4, -0.2) is 22.5 Å². The predicted molar refractivity (Wildman–Crippen MR) is 80.2 cm³/mol. The summed E-state index contributed by atoms with van der Waals surface area (Å²) in [5.41, 5.74) is -1.28. The van der Waals surface area contributed by atoms with Crippen molar-refractivity contribution >= 4 is 28.3 Å². The minimum Gasteiger partial charge on any atom is -0.448 e. The lowest BCUT2D eigenvalue weighted by Crippen LogP contribution is -2.50. The lowest BCUT2D eigenvalue weighted by molar-refractivity contribution is -0.165. The molecule has 1 saturated carbocycles. The first-order valence-electron chi connectivity index (χ1n) is 7.13. The average molecular weight is 308 g/mol. The molecule has 1 amide bonds. The van der Waals surface area contributed by atoms with Crippen LogP contribution in [0.25, 0.3) is 0 Å². The smallest absolute Gasteiger partial charge is 0.313 e. The Kier molecular flexibility index (Phi) is 2.81. The van der Waals surface area contributed by atoms with E-state index in [2.05, 4.69) is 10.3 Å². The van der Waals surface area contributed by atoms with Crippen LogP contribution in [0.1, 0.15) is 44.2 Å². The van der Waals surface area contributed by atoms with Crippen molar-refractivity contribution in [2.24, 2.45) is 10.8 Å². The average Bonchev–Trinajstić information content (AvgIpc) is 2.85. The third-order valence-corrected chi connectivity index (χ3v) is 6.69. The second-order valence-electron chi connectivity index (χ2n) is 6.79. The molecule has 3 rings (SSSR count). The van der Waals surface area contributed by atoms with E-state index in [0.29, 0.717) is 18.0 Å². The number of amides is 1. The lowest BCUT2D eigenvalue weighted by atomic mass is 9.66. The second kappa shape index (κ2) is 4.06. The fourth-order valence-corrected chi connectivity index (χ4v) is 4.28. The number of thiazole rings is 1. The van der Waals surface area contributed by atoms with E-state index in [1.54, 1.807) is 0 Å². The van der Waals surface area contributed by atoms with Crippen molar-refractivity contribution < 1.29 is 14.3 Å². The Morgan fingerprint density at radius 3 is 2.38 bits per heavy atom. The Hall–Kier alpha value is -1.43. The van der Waals surface area contributed by atoms with Crippen LogP contribution >= 0.6 is 11.3 Å². The molecule has 0 spiro atoms. The number of carbonyl (C=O) groups excluding carboxylic acids is 2. The standard InChI is InChI=1S/C15H20N2O3S/c1-8-9(2)21-12(16-8)17-10(18)15-7-6-14(5,11(19)20-15)13(15,3)4/h6-7H2,1-5H3,(H,16,17,18)/t14-,15-/m1/s1. The lowest BCUT2D eigenvalue weighted by Gasteiger charge is -2.35. The number of fused-ring (bicyclic) bond motifs is 2. The van der Waals surface area contributed by atoms with E-state index in [1.165, 1.54) is 11.3 Å². The Morgan fingerprint density at radius 1 is 1.29 bits per heavy atom. The molecule has 6 heteroatoms. The van der Waals surface area contributed by atoms with Gasteiger partial charge in [0.25, 0.3) is 5.91 Å². The molecule has 21 heavy (non-hydrogen) atoms. The third kappa shape index (κ3) is 1.59. The number of hydrogen-bond donors (Lipinski definition) is 1. The zero-order valence-corrected chi connectivity index (χ0v) is 13.8. The first-order valence-corrected chi connectivity index (χ1v) is 7.95. The monoisotopic (exact) mass is 308 g/mol. The van der Waals surface area contributed by atoms with E-state index in [9.17, 15) is 9.59 Å². The van der Waals surface area contributed by atoms with Gasteiger partial charge in [0.15, 0.2) is 10.7 Å². The molecule has 2 heterocycles. The summed E-state index contributed by atoms with van der Waals surface area (Å²) in [4.78, 5) is 30.4. The SMILES string of the molecule is Cc1nc(NC(=O)[C@@]23CC[C@](C)(C(=O)O2)C3(C)C)sc1C. The van der Waals surface area contributed by atoms with Crippen molar-refractivity contribution in [3.8, 4) is 0 Å². The first-order chi connectivity index (χ1) is 9.64. The number of hydrogen-bond acceptors (Lipinski definition) is 5. The van der Waals surface area contributed by atoms with E-state index >= 15 is 0 Å². The molecular formula is C15H20N2O3S. The molecule has 2 aliphatic rings. The Labute approximate surface area is 128 Å². The number of esters is 1. The van der Waals surface area contributed by atoms with Crippen molar-refractivity contribution in [2.45, 2.75) is 53.1 Å². The molecule has 0 radical (unpaired) electrons. The largest absolute Gasteiger partial charge is 0.448 e. The highest BCUT2D eigenvalue weighted by molar-refractivity contribution is 7.15. The maximum atomic E-state index is 12.8. The van der Waals surface area contributed by atoms with Gasteiger partial charge in [0.1, 0.15) is 0 Å². The summed E-state index contributed by atoms with van der Waals surface area (Å²) in [6.07, 6.45) is 1.25. The quantitative estimate of drug-likeness (QED) is 0.853. The van der Waals surface area contributed by atoms with E-state index in [4.69, 9.17) is 4.74 Å². The number of aryl methyl sites for hydroxylation is 2. The van der Waals surface area contributed by atoms with Crippen LogP contribution in [0.5, 0.6) is 0 Å². The normalized spacial score (nSPS) is 33.1. The van der Waals surface area contributed by atoms with Crippen molar-refractivity contribution in [1.82, 2.24) is 4.98 Å². The van der Waals surface area contributed by atoms with Crippen LogP contribution in [0.2, 0.25) is 0 Å². The summed E-state index contributed by atoms with van der Waals surface area (Å²) in [5, 5.41) is 3.42. The molecule has 1 N–H and O–H groups in total. The summed E-state index contributed by atoms with van der Waals surface area (Å²) in [7, 11) is 0. The van der Waals surface area contributed by atoms with Gasteiger partial charge in [-0.25, -0.2) is 4.98 Å². The van der Waals surface area contributed by atoms with Gasteiger partial charge in [0.2, 0.25) is 0 Å². The molecular weight excluding hydrogens is 288 g/mol. The molecule has 2 atom stereocenters. The summed E-state index contributed by atoms with van der Waals surface area (Å²) < 4.78 is 5.56. The number of carbonyl (C=O) groups is 2. The van der Waals surface area contributed by atoms with Gasteiger partial charge in [0, 0.05) is 10.3 Å². The molecule has 1 aliphatic carbocycles. The Balaban J connectivity index is 1.93. The second-order valence-corrected chi connectivity index (χ2v) is 7.99. The van der Waals surface area contributed by atoms with Gasteiger partial charge >= 0.3 is 5.97 Å². The molecule has 114 valence electrons.